The summed E-state index contributed by atoms with van der Waals surface area (Å²) in [6.45, 7) is 4.06. The van der Waals surface area contributed by atoms with Gasteiger partial charge in [-0.05, 0) is 43.3 Å². The molecule has 9 heteroatoms. The van der Waals surface area contributed by atoms with E-state index in [4.69, 9.17) is 4.74 Å². The van der Waals surface area contributed by atoms with E-state index in [1.165, 1.54) is 43.5 Å². The van der Waals surface area contributed by atoms with E-state index in [0.717, 1.165) is 0 Å². The van der Waals surface area contributed by atoms with Crippen molar-refractivity contribution in [3.63, 3.8) is 0 Å². The fourth-order valence-corrected chi connectivity index (χ4v) is 2.99. The highest BCUT2D eigenvalue weighted by atomic mass is 32.2. The molecule has 2 aromatic rings. The third-order valence-corrected chi connectivity index (χ3v) is 4.60. The van der Waals surface area contributed by atoms with Gasteiger partial charge >= 0.3 is 0 Å². The molecule has 1 heterocycles. The van der Waals surface area contributed by atoms with Gasteiger partial charge < -0.3 is 10.1 Å². The Kier molecular flexibility index (Phi) is 6.42. The van der Waals surface area contributed by atoms with E-state index in [1.807, 2.05) is 11.6 Å². The second-order valence-electron chi connectivity index (χ2n) is 5.32. The van der Waals surface area contributed by atoms with Crippen LogP contribution in [0.2, 0.25) is 0 Å². The van der Waals surface area contributed by atoms with Crippen molar-refractivity contribution in [2.75, 3.05) is 11.9 Å². The number of hydrogen-bond donors (Lipinski definition) is 2. The Hall–Kier alpha value is -2.78. The molecular formula is C17H19N3O5S. The van der Waals surface area contributed by atoms with E-state index in [2.05, 4.69) is 10.3 Å². The van der Waals surface area contributed by atoms with Crippen LogP contribution in [-0.2, 0) is 26.2 Å². The number of carbonyl (C=O) groups excluding carboxylic acids is 2. The number of benzene rings is 1. The first-order chi connectivity index (χ1) is 12.3. The van der Waals surface area contributed by atoms with Crippen molar-refractivity contribution in [3.05, 3.63) is 53.9 Å². The highest BCUT2D eigenvalue weighted by Gasteiger charge is 2.19. The van der Waals surface area contributed by atoms with Gasteiger partial charge in [0.15, 0.2) is 0 Å². The van der Waals surface area contributed by atoms with Gasteiger partial charge in [0.25, 0.3) is 15.9 Å². The second-order valence-corrected chi connectivity index (χ2v) is 7.00. The van der Waals surface area contributed by atoms with Crippen LogP contribution in [0.25, 0.3) is 0 Å². The summed E-state index contributed by atoms with van der Waals surface area (Å²) in [4.78, 5) is 27.1. The largest absolute Gasteiger partial charge is 0.375 e. The Balaban J connectivity index is 2.08. The average Bonchev–Trinajstić information content (AvgIpc) is 2.60. The summed E-state index contributed by atoms with van der Waals surface area (Å²) < 4.78 is 31.8. The van der Waals surface area contributed by atoms with Gasteiger partial charge in [-0.25, -0.2) is 13.1 Å². The van der Waals surface area contributed by atoms with Crippen LogP contribution < -0.4 is 10.0 Å². The number of nitrogens with zero attached hydrogens (tertiary/aromatic N) is 1. The molecule has 0 radical (unpaired) electrons. The summed E-state index contributed by atoms with van der Waals surface area (Å²) in [6, 6.07) is 8.54. The third kappa shape index (κ3) is 5.36. The van der Waals surface area contributed by atoms with Crippen molar-refractivity contribution in [3.8, 4) is 0 Å². The van der Waals surface area contributed by atoms with Gasteiger partial charge in [-0.3, -0.25) is 14.6 Å². The van der Waals surface area contributed by atoms with E-state index in [0.29, 0.717) is 24.6 Å². The standard InChI is InChI=1S/C17H19N3O5S/c1-3-25-11-15-5-4-13(10-18-15)17(22)20-26(23,24)16-8-6-14(7-9-16)19-12(2)21/h4-10H,3,11H2,1-2H3,(H,19,21)(H,20,22). The maximum atomic E-state index is 12.3. The lowest BCUT2D eigenvalue weighted by Crippen LogP contribution is -2.30. The minimum Gasteiger partial charge on any atom is -0.375 e. The summed E-state index contributed by atoms with van der Waals surface area (Å²) in [7, 11) is -4.04. The molecule has 138 valence electrons. The van der Waals surface area contributed by atoms with Crippen LogP contribution in [0.4, 0.5) is 5.69 Å². The molecule has 0 aliphatic rings. The fraction of sp³-hybridized carbons (Fsp3) is 0.235. The zero-order chi connectivity index (χ0) is 19.2. The number of rotatable bonds is 7. The van der Waals surface area contributed by atoms with Crippen molar-refractivity contribution < 1.29 is 22.7 Å². The quantitative estimate of drug-likeness (QED) is 0.759. The molecule has 2 N–H and O–H groups in total. The molecule has 0 saturated heterocycles. The minimum atomic E-state index is -4.04. The molecule has 0 aliphatic carbocycles. The number of nitrogens with one attached hydrogen (secondary N) is 2. The number of hydrogen-bond acceptors (Lipinski definition) is 6. The highest BCUT2D eigenvalue weighted by molar-refractivity contribution is 7.90. The van der Waals surface area contributed by atoms with E-state index >= 15 is 0 Å². The van der Waals surface area contributed by atoms with Crippen LogP contribution in [-0.4, -0.2) is 31.8 Å². The van der Waals surface area contributed by atoms with E-state index in [-0.39, 0.29) is 16.4 Å². The van der Waals surface area contributed by atoms with Crippen LogP contribution in [0.3, 0.4) is 0 Å². The lowest BCUT2D eigenvalue weighted by Gasteiger charge is -2.08. The number of aromatic nitrogens is 1. The first-order valence-electron chi connectivity index (χ1n) is 7.79. The molecule has 1 aromatic carbocycles. The lowest BCUT2D eigenvalue weighted by molar-refractivity contribution is -0.114. The lowest BCUT2D eigenvalue weighted by atomic mass is 10.2. The van der Waals surface area contributed by atoms with Crippen molar-refractivity contribution in [2.24, 2.45) is 0 Å². The van der Waals surface area contributed by atoms with E-state index < -0.39 is 15.9 Å². The number of carbonyl (C=O) groups is 2. The van der Waals surface area contributed by atoms with Crippen LogP contribution >= 0.6 is 0 Å². The van der Waals surface area contributed by atoms with Gasteiger partial charge in [-0.2, -0.15) is 0 Å². The summed E-state index contributed by atoms with van der Waals surface area (Å²) in [5, 5.41) is 2.53. The summed E-state index contributed by atoms with van der Waals surface area (Å²) in [6.07, 6.45) is 1.29. The monoisotopic (exact) mass is 377 g/mol. The van der Waals surface area contributed by atoms with Crippen LogP contribution in [0.5, 0.6) is 0 Å². The van der Waals surface area contributed by atoms with Gasteiger partial charge in [-0.1, -0.05) is 0 Å². The third-order valence-electron chi connectivity index (χ3n) is 3.25. The zero-order valence-corrected chi connectivity index (χ0v) is 15.2. The Morgan fingerprint density at radius 3 is 2.35 bits per heavy atom. The van der Waals surface area contributed by atoms with Gasteiger partial charge in [0, 0.05) is 25.4 Å². The van der Waals surface area contributed by atoms with Gasteiger partial charge in [0.1, 0.15) is 0 Å². The molecule has 0 spiro atoms. The maximum Gasteiger partial charge on any atom is 0.266 e. The first-order valence-corrected chi connectivity index (χ1v) is 9.27. The predicted molar refractivity (Wildman–Crippen MR) is 95.0 cm³/mol. The minimum absolute atomic E-state index is 0.0964. The molecule has 0 atom stereocenters. The molecule has 0 bridgehead atoms. The van der Waals surface area contributed by atoms with Crippen molar-refractivity contribution in [2.45, 2.75) is 25.3 Å². The molecule has 0 aliphatic heterocycles. The topological polar surface area (TPSA) is 114 Å². The number of ether oxygens (including phenoxy) is 1. The van der Waals surface area contributed by atoms with Crippen molar-refractivity contribution in [1.29, 1.82) is 0 Å². The predicted octanol–water partition coefficient (Wildman–Crippen LogP) is 1.70. The maximum absolute atomic E-state index is 12.3. The Bertz CT molecular complexity index is 878. The second kappa shape index (κ2) is 8.54. The molecule has 1 aromatic heterocycles. The molecule has 0 unspecified atom stereocenters. The van der Waals surface area contributed by atoms with Gasteiger partial charge in [-0.15, -0.1) is 0 Å². The molecule has 2 amide bonds. The summed E-state index contributed by atoms with van der Waals surface area (Å²) in [5.41, 5.74) is 1.21. The summed E-state index contributed by atoms with van der Waals surface area (Å²) in [5.74, 6) is -1.06. The smallest absolute Gasteiger partial charge is 0.266 e. The van der Waals surface area contributed by atoms with Gasteiger partial charge in [0.05, 0.1) is 22.8 Å². The highest BCUT2D eigenvalue weighted by Crippen LogP contribution is 2.14. The molecule has 8 nitrogen and oxygen atoms in total. The van der Waals surface area contributed by atoms with E-state index in [1.54, 1.807) is 6.07 Å². The zero-order valence-electron chi connectivity index (χ0n) is 14.4. The average molecular weight is 377 g/mol. The number of pyridine rings is 1. The number of anilines is 1. The fourth-order valence-electron chi connectivity index (χ4n) is 2.01. The molecular weight excluding hydrogens is 358 g/mol. The van der Waals surface area contributed by atoms with Crippen LogP contribution in [0.1, 0.15) is 29.9 Å². The van der Waals surface area contributed by atoms with Crippen molar-refractivity contribution >= 4 is 27.5 Å². The Morgan fingerprint density at radius 2 is 1.81 bits per heavy atom. The molecule has 2 rings (SSSR count). The molecule has 0 fully saturated rings. The van der Waals surface area contributed by atoms with Crippen LogP contribution in [0.15, 0.2) is 47.5 Å². The van der Waals surface area contributed by atoms with Crippen LogP contribution in [0, 0.1) is 0 Å². The SMILES string of the molecule is CCOCc1ccc(C(=O)NS(=O)(=O)c2ccc(NC(C)=O)cc2)cn1. The number of sulfonamides is 1. The normalized spacial score (nSPS) is 11.0. The molecule has 26 heavy (non-hydrogen) atoms. The first kappa shape index (κ1) is 19.5. The summed E-state index contributed by atoms with van der Waals surface area (Å²) >= 11 is 0. The van der Waals surface area contributed by atoms with E-state index in [9.17, 15) is 18.0 Å². The van der Waals surface area contributed by atoms with Gasteiger partial charge in [0.2, 0.25) is 5.91 Å². The number of amides is 2. The molecule has 0 saturated carbocycles. The Labute approximate surface area is 151 Å². The van der Waals surface area contributed by atoms with Crippen molar-refractivity contribution in [1.82, 2.24) is 9.71 Å². The Morgan fingerprint density at radius 1 is 1.12 bits per heavy atom.